The quantitative estimate of drug-likeness (QED) is 0.223. The summed E-state index contributed by atoms with van der Waals surface area (Å²) in [5, 5.41) is 6.56. The standard InChI is InChI=1S/C19H32N4O2.HI/c1-4-25-15-9-14-21-19(22-16-18(24)23(2)3)20-13-8-12-17-10-6-5-7-11-17;/h5-7,10-11H,4,8-9,12-16H2,1-3H3,(H2,20,21,22);1H. The van der Waals surface area contributed by atoms with Crippen LogP contribution in [0, 0.1) is 0 Å². The van der Waals surface area contributed by atoms with Crippen molar-refractivity contribution in [3.8, 4) is 0 Å². The number of ether oxygens (including phenoxy) is 1. The van der Waals surface area contributed by atoms with Crippen LogP contribution in [0.1, 0.15) is 25.3 Å². The molecule has 7 heteroatoms. The summed E-state index contributed by atoms with van der Waals surface area (Å²) < 4.78 is 5.33. The molecular weight excluding hydrogens is 443 g/mol. The molecule has 0 saturated carbocycles. The highest BCUT2D eigenvalue weighted by Gasteiger charge is 2.04. The summed E-state index contributed by atoms with van der Waals surface area (Å²) in [6.07, 6.45) is 2.92. The molecule has 0 radical (unpaired) electrons. The minimum atomic E-state index is -0.0142. The third kappa shape index (κ3) is 12.1. The van der Waals surface area contributed by atoms with Gasteiger partial charge in [0, 0.05) is 40.4 Å². The number of amides is 1. The molecule has 1 aromatic carbocycles. The van der Waals surface area contributed by atoms with E-state index in [1.54, 1.807) is 19.0 Å². The molecule has 1 rings (SSSR count). The number of aliphatic imine (C=N–C) groups is 1. The first kappa shape index (κ1) is 24.7. The van der Waals surface area contributed by atoms with Crippen LogP contribution in [0.25, 0.3) is 0 Å². The van der Waals surface area contributed by atoms with Crippen molar-refractivity contribution in [1.82, 2.24) is 15.5 Å². The minimum absolute atomic E-state index is 0. The number of benzene rings is 1. The topological polar surface area (TPSA) is 66.0 Å². The fraction of sp³-hybridized carbons (Fsp3) is 0.579. The zero-order chi connectivity index (χ0) is 18.3. The third-order valence-corrected chi connectivity index (χ3v) is 3.61. The Bertz CT molecular complexity index is 510. The molecule has 6 nitrogen and oxygen atoms in total. The van der Waals surface area contributed by atoms with Crippen LogP contribution in [0.4, 0.5) is 0 Å². The van der Waals surface area contributed by atoms with Crippen molar-refractivity contribution in [2.24, 2.45) is 4.99 Å². The van der Waals surface area contributed by atoms with E-state index >= 15 is 0 Å². The molecule has 148 valence electrons. The van der Waals surface area contributed by atoms with Crippen LogP contribution in [0.15, 0.2) is 35.3 Å². The molecule has 0 aliphatic rings. The van der Waals surface area contributed by atoms with Gasteiger partial charge in [0.05, 0.1) is 0 Å². The van der Waals surface area contributed by atoms with Gasteiger partial charge in [-0.25, -0.2) is 4.99 Å². The highest BCUT2D eigenvalue weighted by Crippen LogP contribution is 2.01. The SMILES string of the molecule is CCOCCCNC(=NCC(=O)N(C)C)NCCCc1ccccc1.I. The zero-order valence-electron chi connectivity index (χ0n) is 16.2. The van der Waals surface area contributed by atoms with E-state index in [0.29, 0.717) is 5.96 Å². The molecule has 26 heavy (non-hydrogen) atoms. The molecule has 1 amide bonds. The molecule has 0 heterocycles. The highest BCUT2D eigenvalue weighted by molar-refractivity contribution is 14.0. The molecule has 1 aromatic rings. The molecule has 0 atom stereocenters. The first-order chi connectivity index (χ1) is 12.1. The molecule has 0 spiro atoms. The summed E-state index contributed by atoms with van der Waals surface area (Å²) in [6.45, 7) is 5.16. The number of halogens is 1. The summed E-state index contributed by atoms with van der Waals surface area (Å²) in [5.41, 5.74) is 1.33. The number of carbonyl (C=O) groups excluding carboxylic acids is 1. The maximum atomic E-state index is 11.7. The fourth-order valence-electron chi connectivity index (χ4n) is 2.13. The molecule has 0 aliphatic carbocycles. The number of aryl methyl sites for hydroxylation is 1. The lowest BCUT2D eigenvalue weighted by Crippen LogP contribution is -2.39. The number of rotatable bonds is 11. The van der Waals surface area contributed by atoms with Crippen LogP contribution in [-0.4, -0.2) is 63.7 Å². The minimum Gasteiger partial charge on any atom is -0.382 e. The van der Waals surface area contributed by atoms with Crippen molar-refractivity contribution in [1.29, 1.82) is 0 Å². The number of hydrogen-bond donors (Lipinski definition) is 2. The second kappa shape index (κ2) is 15.9. The maximum Gasteiger partial charge on any atom is 0.243 e. The lowest BCUT2D eigenvalue weighted by molar-refractivity contribution is -0.127. The second-order valence-corrected chi connectivity index (χ2v) is 5.95. The van der Waals surface area contributed by atoms with Crippen molar-refractivity contribution in [2.45, 2.75) is 26.2 Å². The van der Waals surface area contributed by atoms with Crippen LogP contribution >= 0.6 is 24.0 Å². The fourth-order valence-corrected chi connectivity index (χ4v) is 2.13. The van der Waals surface area contributed by atoms with Crippen molar-refractivity contribution in [2.75, 3.05) is 46.9 Å². The molecule has 0 unspecified atom stereocenters. The van der Waals surface area contributed by atoms with Gasteiger partial charge in [0.1, 0.15) is 6.54 Å². The second-order valence-electron chi connectivity index (χ2n) is 5.95. The predicted octanol–water partition coefficient (Wildman–Crippen LogP) is 2.29. The van der Waals surface area contributed by atoms with Crippen LogP contribution in [0.2, 0.25) is 0 Å². The number of likely N-dealkylation sites (N-methyl/N-ethyl adjacent to an activating group) is 1. The van der Waals surface area contributed by atoms with E-state index in [9.17, 15) is 4.79 Å². The number of guanidine groups is 1. The molecule has 0 aliphatic heterocycles. The van der Waals surface area contributed by atoms with Gasteiger partial charge in [-0.15, -0.1) is 24.0 Å². The average molecular weight is 476 g/mol. The van der Waals surface area contributed by atoms with Gasteiger partial charge in [0.15, 0.2) is 5.96 Å². The Hall–Kier alpha value is -1.35. The summed E-state index contributed by atoms with van der Waals surface area (Å²) in [7, 11) is 3.47. The van der Waals surface area contributed by atoms with Gasteiger partial charge in [-0.3, -0.25) is 4.79 Å². The van der Waals surface area contributed by atoms with E-state index in [-0.39, 0.29) is 36.4 Å². The first-order valence-electron chi connectivity index (χ1n) is 8.97. The van der Waals surface area contributed by atoms with Gasteiger partial charge >= 0.3 is 0 Å². The largest absolute Gasteiger partial charge is 0.382 e. The van der Waals surface area contributed by atoms with Crippen LogP contribution in [0.5, 0.6) is 0 Å². The summed E-state index contributed by atoms with van der Waals surface area (Å²) in [6, 6.07) is 10.4. The van der Waals surface area contributed by atoms with Crippen molar-refractivity contribution < 1.29 is 9.53 Å². The van der Waals surface area contributed by atoms with Gasteiger partial charge in [0.2, 0.25) is 5.91 Å². The Morgan fingerprint density at radius 2 is 1.77 bits per heavy atom. The molecule has 2 N–H and O–H groups in total. The summed E-state index contributed by atoms with van der Waals surface area (Å²) >= 11 is 0. The van der Waals surface area contributed by atoms with E-state index in [1.165, 1.54) is 5.56 Å². The maximum absolute atomic E-state index is 11.7. The van der Waals surface area contributed by atoms with E-state index in [1.807, 2.05) is 13.0 Å². The summed E-state index contributed by atoms with van der Waals surface area (Å²) in [4.78, 5) is 17.6. The van der Waals surface area contributed by atoms with E-state index in [0.717, 1.165) is 45.6 Å². The van der Waals surface area contributed by atoms with Crippen LogP contribution in [-0.2, 0) is 16.0 Å². The van der Waals surface area contributed by atoms with Crippen LogP contribution in [0.3, 0.4) is 0 Å². The van der Waals surface area contributed by atoms with Gasteiger partial charge in [-0.1, -0.05) is 30.3 Å². The zero-order valence-corrected chi connectivity index (χ0v) is 18.5. The Balaban J connectivity index is 0.00000625. The van der Waals surface area contributed by atoms with E-state index < -0.39 is 0 Å². The number of nitrogens with zero attached hydrogens (tertiary/aromatic N) is 2. The molecule has 0 aromatic heterocycles. The highest BCUT2D eigenvalue weighted by atomic mass is 127. The van der Waals surface area contributed by atoms with Gasteiger partial charge in [0.25, 0.3) is 0 Å². The number of hydrogen-bond acceptors (Lipinski definition) is 3. The van der Waals surface area contributed by atoms with Crippen molar-refractivity contribution in [3.05, 3.63) is 35.9 Å². The predicted molar refractivity (Wildman–Crippen MR) is 118 cm³/mol. The lowest BCUT2D eigenvalue weighted by atomic mass is 10.1. The molecule has 0 bridgehead atoms. The molecule has 0 saturated heterocycles. The normalized spacial score (nSPS) is 10.8. The average Bonchev–Trinajstić information content (AvgIpc) is 2.62. The van der Waals surface area contributed by atoms with Crippen molar-refractivity contribution in [3.63, 3.8) is 0 Å². The number of nitrogens with one attached hydrogen (secondary N) is 2. The van der Waals surface area contributed by atoms with E-state index in [4.69, 9.17) is 4.74 Å². The van der Waals surface area contributed by atoms with Crippen LogP contribution < -0.4 is 10.6 Å². The first-order valence-corrected chi connectivity index (χ1v) is 8.97. The molecule has 0 fully saturated rings. The third-order valence-electron chi connectivity index (χ3n) is 3.61. The Morgan fingerprint density at radius 1 is 1.12 bits per heavy atom. The van der Waals surface area contributed by atoms with Gasteiger partial charge < -0.3 is 20.3 Å². The van der Waals surface area contributed by atoms with Gasteiger partial charge in [-0.2, -0.15) is 0 Å². The lowest BCUT2D eigenvalue weighted by Gasteiger charge is -2.14. The van der Waals surface area contributed by atoms with Crippen molar-refractivity contribution >= 4 is 35.8 Å². The van der Waals surface area contributed by atoms with Gasteiger partial charge in [-0.05, 0) is 31.7 Å². The summed E-state index contributed by atoms with van der Waals surface area (Å²) in [5.74, 6) is 0.666. The Morgan fingerprint density at radius 3 is 2.38 bits per heavy atom. The smallest absolute Gasteiger partial charge is 0.243 e. The monoisotopic (exact) mass is 476 g/mol. The number of carbonyl (C=O) groups is 1. The molecular formula is C19H33IN4O2. The van der Waals surface area contributed by atoms with E-state index in [2.05, 4.69) is 39.9 Å². The Kier molecular flexibility index (Phi) is 15.0. The Labute approximate surface area is 174 Å².